The number of alkyl halides is 9. The lowest BCUT2D eigenvalue weighted by atomic mass is 9.84. The third kappa shape index (κ3) is 26.7. The summed E-state index contributed by atoms with van der Waals surface area (Å²) in [5, 5.41) is 44.8. The number of carbonyl (C=O) groups is 5. The van der Waals surface area contributed by atoms with Gasteiger partial charge in [-0.25, -0.2) is 19.9 Å². The maximum Gasteiger partial charge on any atom is 0.416 e. The lowest BCUT2D eigenvalue weighted by Gasteiger charge is -2.30. The SMILES string of the molecule is CNCCC1CCC(n2c(NC(=O)c3cccc(C(F)(F)F)c3)nc3cc(CN4CCCCC4)ccc32)CC1.O=C(Nc1nc2cc(CN3CCCCC3)ccc2n1C1CCC(CO)CC1)c1cccc(C(F)(F)F)c1.O=C(Nc1nc2cc(CN3CCCCC3)ccc2n1C1CCC(CO)CC1)c1cccc([N+](=O)[O-])c1.O=C(Nc1nc2cc(CN3CCCCC3=O)ccc2n1-c1ccccc1)c1cccc(C(F)(F)F)c1. The van der Waals surface area contributed by atoms with Gasteiger partial charge in [-0.2, -0.15) is 39.5 Å². The highest BCUT2D eigenvalue weighted by Gasteiger charge is 2.38. The van der Waals surface area contributed by atoms with Crippen molar-refractivity contribution < 1.29 is 78.6 Å². The Morgan fingerprint density at radius 1 is 0.372 bits per heavy atom. The largest absolute Gasteiger partial charge is 0.416 e. The summed E-state index contributed by atoms with van der Waals surface area (Å²) in [7, 11) is 1.97. The monoisotopic (exact) mass is 2040 g/mol. The highest BCUT2D eigenvalue weighted by atomic mass is 19.4. The molecule has 5 amide bonds. The molecule has 4 aliphatic heterocycles. The predicted octanol–water partition coefficient (Wildman–Crippen LogP) is 23.4. The van der Waals surface area contributed by atoms with Crippen LogP contribution in [0.4, 0.5) is 69.0 Å². The smallest absolute Gasteiger partial charge is 0.396 e. The third-order valence-electron chi connectivity index (χ3n) is 29.8. The molecule has 782 valence electrons. The van der Waals surface area contributed by atoms with Crippen LogP contribution in [-0.4, -0.2) is 175 Å². The van der Waals surface area contributed by atoms with Gasteiger partial charge in [0.15, 0.2) is 0 Å². The molecule has 27 nitrogen and oxygen atoms in total. The van der Waals surface area contributed by atoms with Gasteiger partial charge >= 0.3 is 18.5 Å². The molecular weight excluding hydrogens is 1910 g/mol. The van der Waals surface area contributed by atoms with Crippen molar-refractivity contribution in [1.29, 1.82) is 0 Å². The molecule has 0 atom stereocenters. The minimum Gasteiger partial charge on any atom is -0.396 e. The van der Waals surface area contributed by atoms with Gasteiger partial charge in [0.2, 0.25) is 29.7 Å². The van der Waals surface area contributed by atoms with Gasteiger partial charge in [-0.3, -0.25) is 74.6 Å². The number of aromatic nitrogens is 8. The summed E-state index contributed by atoms with van der Waals surface area (Å²) in [4.78, 5) is 103. The molecule has 8 heterocycles. The number of piperidine rings is 4. The van der Waals surface area contributed by atoms with Crippen LogP contribution in [-0.2, 0) is 49.5 Å². The van der Waals surface area contributed by atoms with E-state index in [2.05, 4.69) is 104 Å². The van der Waals surface area contributed by atoms with Crippen molar-refractivity contribution >= 4 is 103 Å². The number of rotatable bonds is 26. The number of imidazole rings is 4. The van der Waals surface area contributed by atoms with Gasteiger partial charge in [-0.05, 0) is 349 Å². The van der Waals surface area contributed by atoms with Crippen molar-refractivity contribution in [2.24, 2.45) is 17.8 Å². The van der Waals surface area contributed by atoms with Gasteiger partial charge in [0.05, 0.1) is 65.7 Å². The summed E-state index contributed by atoms with van der Waals surface area (Å²) < 4.78 is 127. The van der Waals surface area contributed by atoms with Gasteiger partial charge in [0, 0.05) is 111 Å². The molecule has 4 saturated heterocycles. The first-order valence-corrected chi connectivity index (χ1v) is 51.9. The Balaban J connectivity index is 0.000000135. The van der Waals surface area contributed by atoms with Gasteiger partial charge in [-0.1, -0.05) is 86.0 Å². The van der Waals surface area contributed by atoms with E-state index < -0.39 is 63.8 Å². The molecule has 4 aromatic heterocycles. The number of nitro groups is 1. The number of hydrogen-bond acceptors (Lipinski definition) is 17. The number of carbonyl (C=O) groups excluding carboxylic acids is 5. The number of hydrogen-bond donors (Lipinski definition) is 7. The first kappa shape index (κ1) is 106. The average molecular weight is 2040 g/mol. The predicted molar refractivity (Wildman–Crippen MR) is 552 cm³/mol. The minimum absolute atomic E-state index is 0.0370. The van der Waals surface area contributed by atoms with Crippen LogP contribution >= 0.6 is 0 Å². The number of nitrogens with one attached hydrogen (secondary N) is 5. The van der Waals surface area contributed by atoms with Crippen LogP contribution in [0.15, 0.2) is 200 Å². The second-order valence-corrected chi connectivity index (χ2v) is 40.2. The number of para-hydroxylation sites is 1. The van der Waals surface area contributed by atoms with E-state index in [4.69, 9.17) is 15.0 Å². The van der Waals surface area contributed by atoms with Crippen LogP contribution in [0.3, 0.4) is 0 Å². The van der Waals surface area contributed by atoms with Gasteiger partial charge in [0.1, 0.15) is 0 Å². The fourth-order valence-corrected chi connectivity index (χ4v) is 21.8. The molecule has 0 unspecified atom stereocenters. The van der Waals surface area contributed by atoms with Gasteiger partial charge < -0.3 is 34.1 Å². The van der Waals surface area contributed by atoms with E-state index in [0.29, 0.717) is 60.2 Å². The molecule has 3 aliphatic carbocycles. The molecule has 7 aliphatic rings. The average Bonchev–Trinajstić information content (AvgIpc) is 1.63. The zero-order valence-electron chi connectivity index (χ0n) is 83.1. The fourth-order valence-electron chi connectivity index (χ4n) is 21.8. The third-order valence-corrected chi connectivity index (χ3v) is 29.8. The van der Waals surface area contributed by atoms with E-state index in [1.54, 1.807) is 10.6 Å². The minimum atomic E-state index is -4.56. The molecule has 0 bridgehead atoms. The fraction of sp³-hybridized carbons (Fsp3) is 0.438. The van der Waals surface area contributed by atoms with Crippen LogP contribution in [0.25, 0.3) is 49.8 Å². The summed E-state index contributed by atoms with van der Waals surface area (Å²) >= 11 is 0. The molecule has 3 saturated carbocycles. The quantitative estimate of drug-likeness (QED) is 0.0150. The number of non-ortho nitro benzene ring substituents is 1. The van der Waals surface area contributed by atoms with E-state index in [1.807, 2.05) is 71.1 Å². The first-order chi connectivity index (χ1) is 71.4. The second-order valence-electron chi connectivity index (χ2n) is 40.2. The number of fused-ring (bicyclic) bond motifs is 4. The molecule has 9 aromatic carbocycles. The normalized spacial score (nSPS) is 19.4. The Hall–Kier alpha value is -13.3. The van der Waals surface area contributed by atoms with Crippen LogP contribution in [0.1, 0.15) is 259 Å². The number of anilines is 4. The Kier molecular flexibility index (Phi) is 34.7. The van der Waals surface area contributed by atoms with E-state index in [9.17, 15) is 83.8 Å². The zero-order chi connectivity index (χ0) is 104. The lowest BCUT2D eigenvalue weighted by molar-refractivity contribution is -0.384. The van der Waals surface area contributed by atoms with Crippen molar-refractivity contribution in [2.75, 3.05) is 93.9 Å². The molecule has 0 spiro atoms. The van der Waals surface area contributed by atoms with E-state index in [0.717, 1.165) is 248 Å². The molecule has 7 fully saturated rings. The number of nitro benzene ring substituents is 1. The molecule has 20 rings (SSSR count). The molecule has 148 heavy (non-hydrogen) atoms. The van der Waals surface area contributed by atoms with Crippen molar-refractivity contribution in [3.05, 3.63) is 272 Å². The number of halogens is 9. The molecular formula is C112H127F9N18O9. The number of aliphatic hydroxyl groups excluding tert-OH is 2. The highest BCUT2D eigenvalue weighted by Crippen LogP contribution is 2.44. The van der Waals surface area contributed by atoms with E-state index in [1.165, 1.54) is 124 Å². The van der Waals surface area contributed by atoms with Crippen LogP contribution in [0.2, 0.25) is 0 Å². The standard InChI is InChI=1S/C30H38F3N5O.C28H33F3N4O2.C27H23F3N4O2.C27H33N5O4/c1-34-15-14-21-8-11-25(12-9-21)38-27-13-10-22(20-37-16-3-2-4-17-37)18-26(27)35-29(38)36-28(39)23-6-5-7-24(19-23)30(31,32)33;29-28(30,31)22-6-4-5-21(16-22)26(37)33-27-32-24-15-20(17-34-13-2-1-3-14-34)9-12-25(24)35(27)23-10-7-19(18-36)8-11-23;28-27(29,30)20-8-6-7-19(16-20)25(36)32-26-31-22-15-18(17-33-14-5-4-11-24(33)35)12-13-23(22)34(26)21-9-2-1-3-10-21;33-18-19-7-10-22(11-8-19)31-25-12-9-20(17-30-13-2-1-3-14-30)15-24(25)28-27(31)29-26(34)21-5-4-6-23(16-21)32(35)36/h5-7,10,13,18-19,21,25,34H,2-4,8-9,11-12,14-17,20H2,1H3,(H,35,36,39);4-6,9,12,15-16,19,23,36H,1-3,7-8,10-11,13-14,17-18H2,(H,32,33,37);1-3,6-10,12-13,15-16H,4-5,11,14,17H2,(H,31,32,36);4-6,9,12,15-16,19,22,33H,1-3,7-8,10-11,13-14,17-18H2,(H,28,29,34). The Bertz CT molecular complexity index is 6800. The highest BCUT2D eigenvalue weighted by molar-refractivity contribution is 6.07. The number of nitrogens with zero attached hydrogens (tertiary/aromatic N) is 13. The zero-order valence-corrected chi connectivity index (χ0v) is 83.1. The van der Waals surface area contributed by atoms with Crippen molar-refractivity contribution in [1.82, 2.24) is 63.1 Å². The maximum absolute atomic E-state index is 13.3. The first-order valence-electron chi connectivity index (χ1n) is 51.9. The Labute approximate surface area is 852 Å². The number of benzene rings is 9. The van der Waals surface area contributed by atoms with Gasteiger partial charge in [-0.15, -0.1) is 0 Å². The van der Waals surface area contributed by atoms with Gasteiger partial charge in [0.25, 0.3) is 29.3 Å². The molecule has 13 aromatic rings. The molecule has 7 N–H and O–H groups in total. The summed E-state index contributed by atoms with van der Waals surface area (Å²) in [6, 6.07) is 53.2. The Morgan fingerprint density at radius 2 is 0.703 bits per heavy atom. The van der Waals surface area contributed by atoms with E-state index >= 15 is 0 Å². The van der Waals surface area contributed by atoms with Crippen LogP contribution in [0.5, 0.6) is 0 Å². The van der Waals surface area contributed by atoms with Crippen molar-refractivity contribution in [3.63, 3.8) is 0 Å². The van der Waals surface area contributed by atoms with Crippen molar-refractivity contribution in [2.45, 2.75) is 223 Å². The summed E-state index contributed by atoms with van der Waals surface area (Å²) in [6.45, 7) is 11.7. The number of likely N-dealkylation sites (tertiary alicyclic amines) is 4. The van der Waals surface area contributed by atoms with Crippen LogP contribution in [0, 0.1) is 27.9 Å². The summed E-state index contributed by atoms with van der Waals surface area (Å²) in [5.74, 6) is 0.443. The number of aliphatic hydroxyl groups is 2. The van der Waals surface area contributed by atoms with E-state index in [-0.39, 0.29) is 77.1 Å². The molecule has 36 heteroatoms. The Morgan fingerprint density at radius 3 is 1.06 bits per heavy atom. The van der Waals surface area contributed by atoms with Crippen molar-refractivity contribution in [3.8, 4) is 5.69 Å². The maximum atomic E-state index is 13.3. The summed E-state index contributed by atoms with van der Waals surface area (Å²) in [6.07, 6.45) is 12.3. The summed E-state index contributed by atoms with van der Waals surface area (Å²) in [5.41, 5.74) is 8.99. The second kappa shape index (κ2) is 48.4. The number of amides is 5. The topological polar surface area (TPSA) is 313 Å². The lowest BCUT2D eigenvalue weighted by Crippen LogP contribution is -2.34. The molecule has 0 radical (unpaired) electrons. The van der Waals surface area contributed by atoms with Crippen LogP contribution < -0.4 is 26.6 Å².